The molecule has 162 valence electrons. The van der Waals surface area contributed by atoms with Crippen molar-refractivity contribution in [1.29, 1.82) is 0 Å². The molecule has 1 N–H and O–H groups in total. The summed E-state index contributed by atoms with van der Waals surface area (Å²) < 4.78 is 4.44. The van der Waals surface area contributed by atoms with Crippen LogP contribution in [-0.2, 0) is 19.5 Å². The number of aryl methyl sites for hydroxylation is 2. The molecule has 0 aliphatic heterocycles. The monoisotopic (exact) mass is 423 g/mol. The molecule has 0 amide bonds. The van der Waals surface area contributed by atoms with Gasteiger partial charge in [0.15, 0.2) is 0 Å². The van der Waals surface area contributed by atoms with Crippen LogP contribution in [0, 0.1) is 20.8 Å². The maximum Gasteiger partial charge on any atom is 0.114 e. The van der Waals surface area contributed by atoms with E-state index in [0.717, 1.165) is 23.3 Å². The summed E-state index contributed by atoms with van der Waals surface area (Å²) in [6.45, 7) is 7.49. The fourth-order valence-electron chi connectivity index (χ4n) is 4.72. The summed E-state index contributed by atoms with van der Waals surface area (Å²) in [5.41, 5.74) is 8.20. The Morgan fingerprint density at radius 3 is 2.34 bits per heavy atom. The minimum absolute atomic E-state index is 0.507. The molecule has 0 aliphatic rings. The molecule has 0 saturated heterocycles. The van der Waals surface area contributed by atoms with Gasteiger partial charge in [-0.1, -0.05) is 54.1 Å². The number of imidazole rings is 1. The third-order valence-electron chi connectivity index (χ3n) is 6.52. The molecule has 3 aromatic carbocycles. The molecule has 2 heterocycles. The quantitative estimate of drug-likeness (QED) is 0.388. The number of aromatic nitrogens is 3. The van der Waals surface area contributed by atoms with E-state index in [0.29, 0.717) is 13.1 Å². The van der Waals surface area contributed by atoms with Crippen molar-refractivity contribution in [1.82, 2.24) is 14.1 Å². The van der Waals surface area contributed by atoms with E-state index in [9.17, 15) is 5.11 Å². The SMILES string of the molecule is Cc1ccc2c(c1)c(C)c(C)n2C[C@H](O)Cn1c(Cc2ccccc2)nc2ccccc21. The Labute approximate surface area is 188 Å². The van der Waals surface area contributed by atoms with Crippen molar-refractivity contribution < 1.29 is 5.11 Å². The smallest absolute Gasteiger partial charge is 0.114 e. The minimum Gasteiger partial charge on any atom is -0.389 e. The van der Waals surface area contributed by atoms with Crippen LogP contribution in [0.25, 0.3) is 21.9 Å². The highest BCUT2D eigenvalue weighted by atomic mass is 16.3. The highest BCUT2D eigenvalue weighted by Crippen LogP contribution is 2.27. The minimum atomic E-state index is -0.530. The Morgan fingerprint density at radius 1 is 0.812 bits per heavy atom. The maximum atomic E-state index is 11.2. The Morgan fingerprint density at radius 2 is 1.53 bits per heavy atom. The third-order valence-corrected chi connectivity index (χ3v) is 6.52. The van der Waals surface area contributed by atoms with Crippen molar-refractivity contribution in [2.75, 3.05) is 0 Å². The van der Waals surface area contributed by atoms with Gasteiger partial charge in [-0.15, -0.1) is 0 Å². The number of hydrogen-bond donors (Lipinski definition) is 1. The van der Waals surface area contributed by atoms with Crippen LogP contribution >= 0.6 is 0 Å². The second-order valence-corrected chi connectivity index (χ2v) is 8.79. The van der Waals surface area contributed by atoms with Gasteiger partial charge in [-0.2, -0.15) is 0 Å². The van der Waals surface area contributed by atoms with Crippen molar-refractivity contribution in [2.45, 2.75) is 46.4 Å². The van der Waals surface area contributed by atoms with Gasteiger partial charge in [-0.05, 0) is 56.2 Å². The van der Waals surface area contributed by atoms with E-state index in [1.807, 2.05) is 24.3 Å². The molecule has 5 aromatic rings. The molecular weight excluding hydrogens is 394 g/mol. The van der Waals surface area contributed by atoms with Gasteiger partial charge in [-0.3, -0.25) is 0 Å². The van der Waals surface area contributed by atoms with Gasteiger partial charge >= 0.3 is 0 Å². The Kier molecular flexibility index (Phi) is 5.32. The first kappa shape index (κ1) is 20.5. The normalized spacial score (nSPS) is 12.6. The summed E-state index contributed by atoms with van der Waals surface area (Å²) in [7, 11) is 0. The summed E-state index contributed by atoms with van der Waals surface area (Å²) in [5, 5.41) is 12.5. The number of hydrogen-bond acceptors (Lipinski definition) is 2. The van der Waals surface area contributed by atoms with Gasteiger partial charge in [0, 0.05) is 23.0 Å². The predicted molar refractivity (Wildman–Crippen MR) is 131 cm³/mol. The number of nitrogens with zero attached hydrogens (tertiary/aromatic N) is 3. The Hall–Kier alpha value is -3.37. The van der Waals surface area contributed by atoms with Gasteiger partial charge in [0.25, 0.3) is 0 Å². The molecule has 0 aliphatic carbocycles. The summed E-state index contributed by atoms with van der Waals surface area (Å²) >= 11 is 0. The Balaban J connectivity index is 1.48. The van der Waals surface area contributed by atoms with Crippen molar-refractivity contribution in [3.8, 4) is 0 Å². The van der Waals surface area contributed by atoms with Crippen LogP contribution in [0.2, 0.25) is 0 Å². The molecule has 5 rings (SSSR count). The van der Waals surface area contributed by atoms with Crippen molar-refractivity contribution in [3.63, 3.8) is 0 Å². The Bertz CT molecular complexity index is 1400. The van der Waals surface area contributed by atoms with E-state index < -0.39 is 6.10 Å². The standard InChI is InChI=1S/C28H29N3O/c1-19-13-14-26-24(15-19)20(2)21(3)30(26)17-23(32)18-31-27-12-8-7-11-25(27)29-28(31)16-22-9-5-4-6-10-22/h4-15,23,32H,16-18H2,1-3H3/t23-/m0/s1. The van der Waals surface area contributed by atoms with Crippen LogP contribution in [0.5, 0.6) is 0 Å². The number of benzene rings is 3. The highest BCUT2D eigenvalue weighted by Gasteiger charge is 2.18. The third kappa shape index (κ3) is 3.71. The van der Waals surface area contributed by atoms with Crippen LogP contribution in [-0.4, -0.2) is 25.3 Å². The number of aliphatic hydroxyl groups excluding tert-OH is 1. The largest absolute Gasteiger partial charge is 0.389 e. The zero-order valence-electron chi connectivity index (χ0n) is 18.9. The predicted octanol–water partition coefficient (Wildman–Crippen LogP) is 5.57. The van der Waals surface area contributed by atoms with Crippen LogP contribution in [0.15, 0.2) is 72.8 Å². The summed E-state index contributed by atoms with van der Waals surface area (Å²) in [4.78, 5) is 4.89. The van der Waals surface area contributed by atoms with Crippen molar-refractivity contribution in [3.05, 3.63) is 101 Å². The van der Waals surface area contributed by atoms with E-state index in [1.54, 1.807) is 0 Å². The topological polar surface area (TPSA) is 43.0 Å². The molecule has 0 unspecified atom stereocenters. The fourth-order valence-corrected chi connectivity index (χ4v) is 4.72. The number of aliphatic hydroxyl groups is 1. The first-order valence-electron chi connectivity index (χ1n) is 11.2. The van der Waals surface area contributed by atoms with Crippen LogP contribution in [0.3, 0.4) is 0 Å². The van der Waals surface area contributed by atoms with Crippen LogP contribution < -0.4 is 0 Å². The zero-order valence-corrected chi connectivity index (χ0v) is 18.9. The molecule has 32 heavy (non-hydrogen) atoms. The molecule has 1 atom stereocenters. The molecule has 2 aromatic heterocycles. The first-order chi connectivity index (χ1) is 15.5. The lowest BCUT2D eigenvalue weighted by Gasteiger charge is -2.18. The molecule has 0 radical (unpaired) electrons. The van der Waals surface area contributed by atoms with Gasteiger partial charge in [0.05, 0.1) is 30.2 Å². The van der Waals surface area contributed by atoms with Gasteiger partial charge in [0.1, 0.15) is 5.82 Å². The van der Waals surface area contributed by atoms with E-state index >= 15 is 0 Å². The summed E-state index contributed by atoms with van der Waals surface area (Å²) in [5.74, 6) is 0.984. The summed E-state index contributed by atoms with van der Waals surface area (Å²) in [6.07, 6.45) is 0.212. The highest BCUT2D eigenvalue weighted by molar-refractivity contribution is 5.86. The average molecular weight is 424 g/mol. The van der Waals surface area contributed by atoms with Crippen molar-refractivity contribution in [2.24, 2.45) is 0 Å². The van der Waals surface area contributed by atoms with E-state index in [2.05, 4.69) is 78.4 Å². The molecule has 4 heteroatoms. The molecular formula is C28H29N3O. The maximum absolute atomic E-state index is 11.2. The van der Waals surface area contributed by atoms with E-state index in [4.69, 9.17) is 4.98 Å². The molecule has 4 nitrogen and oxygen atoms in total. The lowest BCUT2D eigenvalue weighted by molar-refractivity contribution is 0.135. The van der Waals surface area contributed by atoms with Gasteiger partial charge in [0.2, 0.25) is 0 Å². The zero-order chi connectivity index (χ0) is 22.2. The lowest BCUT2D eigenvalue weighted by atomic mass is 10.1. The van der Waals surface area contributed by atoms with Crippen molar-refractivity contribution >= 4 is 21.9 Å². The van der Waals surface area contributed by atoms with E-state index in [1.165, 1.54) is 33.3 Å². The number of rotatable bonds is 6. The second-order valence-electron chi connectivity index (χ2n) is 8.79. The number of para-hydroxylation sites is 2. The van der Waals surface area contributed by atoms with Gasteiger partial charge < -0.3 is 14.2 Å². The fraction of sp³-hybridized carbons (Fsp3) is 0.250. The van der Waals surface area contributed by atoms with Gasteiger partial charge in [-0.25, -0.2) is 4.98 Å². The summed E-state index contributed by atoms with van der Waals surface area (Å²) in [6, 6.07) is 25.1. The molecule has 0 saturated carbocycles. The second kappa shape index (κ2) is 8.29. The molecule has 0 fully saturated rings. The molecule has 0 bridgehead atoms. The van der Waals surface area contributed by atoms with Crippen LogP contribution in [0.4, 0.5) is 0 Å². The first-order valence-corrected chi connectivity index (χ1v) is 11.2. The van der Waals surface area contributed by atoms with E-state index in [-0.39, 0.29) is 0 Å². The molecule has 0 spiro atoms. The van der Waals surface area contributed by atoms with Crippen LogP contribution in [0.1, 0.15) is 28.2 Å². The number of fused-ring (bicyclic) bond motifs is 2. The average Bonchev–Trinajstić information content (AvgIpc) is 3.24. The lowest BCUT2D eigenvalue weighted by Crippen LogP contribution is -2.24.